The van der Waals surface area contributed by atoms with Gasteiger partial charge in [-0.3, -0.25) is 9.98 Å². The summed E-state index contributed by atoms with van der Waals surface area (Å²) in [5.74, 6) is 2.02. The molecule has 30 heavy (non-hydrogen) atoms. The van der Waals surface area contributed by atoms with Crippen LogP contribution >= 0.6 is 11.8 Å². The van der Waals surface area contributed by atoms with E-state index in [4.69, 9.17) is 14.5 Å². The van der Waals surface area contributed by atoms with Crippen molar-refractivity contribution < 1.29 is 9.47 Å². The minimum absolute atomic E-state index is 0.0220. The first-order valence-electron chi connectivity index (χ1n) is 10.7. The monoisotopic (exact) mass is 424 g/mol. The average Bonchev–Trinajstić information content (AvgIpc) is 3.39. The van der Waals surface area contributed by atoms with E-state index in [0.717, 1.165) is 55.1 Å². The lowest BCUT2D eigenvalue weighted by Crippen LogP contribution is -2.36. The number of ether oxygens (including phenoxy) is 2. The van der Waals surface area contributed by atoms with Gasteiger partial charge in [-0.2, -0.15) is 0 Å². The van der Waals surface area contributed by atoms with Crippen molar-refractivity contribution in [3.8, 4) is 5.75 Å². The Bertz CT molecular complexity index is 917. The Morgan fingerprint density at radius 1 is 1.20 bits per heavy atom. The summed E-state index contributed by atoms with van der Waals surface area (Å²) < 4.78 is 11.4. The van der Waals surface area contributed by atoms with E-state index in [-0.39, 0.29) is 12.1 Å². The number of rotatable bonds is 5. The summed E-state index contributed by atoms with van der Waals surface area (Å²) in [4.78, 5) is 14.7. The molecule has 0 radical (unpaired) electrons. The lowest BCUT2D eigenvalue weighted by Gasteiger charge is -2.34. The molecule has 1 aromatic carbocycles. The molecule has 3 atom stereocenters. The number of aliphatic imine (C=N–C) groups is 1. The smallest absolute Gasteiger partial charge is 0.160 e. The molecule has 3 aliphatic rings. The third-order valence-corrected chi connectivity index (χ3v) is 7.37. The van der Waals surface area contributed by atoms with Gasteiger partial charge in [0.05, 0.1) is 32.1 Å². The van der Waals surface area contributed by atoms with Crippen molar-refractivity contribution >= 4 is 22.6 Å². The summed E-state index contributed by atoms with van der Waals surface area (Å²) in [5.41, 5.74) is 3.39. The number of amidine groups is 1. The van der Waals surface area contributed by atoms with Gasteiger partial charge in [0.2, 0.25) is 0 Å². The predicted molar refractivity (Wildman–Crippen MR) is 122 cm³/mol. The fourth-order valence-electron chi connectivity index (χ4n) is 4.65. The molecular formula is C23H28N4O2S. The highest BCUT2D eigenvalue weighted by Crippen LogP contribution is 2.50. The highest BCUT2D eigenvalue weighted by Gasteiger charge is 2.46. The molecule has 0 spiro atoms. The summed E-state index contributed by atoms with van der Waals surface area (Å²) in [6.45, 7) is 5.63. The van der Waals surface area contributed by atoms with Crippen LogP contribution in [0.2, 0.25) is 0 Å². The Kier molecular flexibility index (Phi) is 5.56. The topological polar surface area (TPSA) is 50.2 Å². The minimum Gasteiger partial charge on any atom is -0.496 e. The van der Waals surface area contributed by atoms with Crippen LogP contribution in [-0.4, -0.2) is 60.3 Å². The zero-order chi connectivity index (χ0) is 20.5. The summed E-state index contributed by atoms with van der Waals surface area (Å²) >= 11 is 1.87. The quantitative estimate of drug-likeness (QED) is 0.726. The van der Waals surface area contributed by atoms with Gasteiger partial charge in [0.15, 0.2) is 5.17 Å². The van der Waals surface area contributed by atoms with Crippen LogP contribution in [0, 0.1) is 0 Å². The molecule has 3 aliphatic heterocycles. The van der Waals surface area contributed by atoms with Crippen LogP contribution in [0.5, 0.6) is 5.75 Å². The van der Waals surface area contributed by atoms with Gasteiger partial charge in [-0.25, -0.2) is 0 Å². The van der Waals surface area contributed by atoms with Crippen molar-refractivity contribution in [1.82, 2.24) is 9.88 Å². The Morgan fingerprint density at radius 2 is 2.07 bits per heavy atom. The molecule has 6 nitrogen and oxygen atoms in total. The number of morpholine rings is 1. The fourth-order valence-corrected chi connectivity index (χ4v) is 5.99. The molecule has 2 saturated heterocycles. The summed E-state index contributed by atoms with van der Waals surface area (Å²) in [5, 5.41) is 1.14. The fraction of sp³-hybridized carbons (Fsp3) is 0.478. The lowest BCUT2D eigenvalue weighted by molar-refractivity contribution is 0.122. The van der Waals surface area contributed by atoms with Crippen LogP contribution in [-0.2, 0) is 4.74 Å². The first-order chi connectivity index (χ1) is 14.8. The standard InChI is InChI=1S/C23H28N4O2S/c1-3-16-15-30-23-25-21(19-6-4-5-9-24-19)22(27(16)23)18-8-7-17(14-20(18)28-2)26-10-12-29-13-11-26/h4-9,14,16,21-22H,3,10-13,15H2,1-2H3/t16-,21-,22+/m0/s1. The molecular weight excluding hydrogens is 396 g/mol. The van der Waals surface area contributed by atoms with Gasteiger partial charge in [0.1, 0.15) is 11.8 Å². The number of aromatic nitrogens is 1. The minimum atomic E-state index is -0.0220. The zero-order valence-electron chi connectivity index (χ0n) is 17.5. The van der Waals surface area contributed by atoms with E-state index < -0.39 is 0 Å². The lowest BCUT2D eigenvalue weighted by atomic mass is 9.94. The van der Waals surface area contributed by atoms with Crippen molar-refractivity contribution in [2.24, 2.45) is 4.99 Å². The second kappa shape index (κ2) is 8.47. The maximum atomic E-state index is 5.93. The van der Waals surface area contributed by atoms with Crippen molar-refractivity contribution in [3.63, 3.8) is 0 Å². The van der Waals surface area contributed by atoms with Crippen molar-refractivity contribution in [1.29, 1.82) is 0 Å². The number of thioether (sulfide) groups is 1. The maximum absolute atomic E-state index is 5.93. The van der Waals surface area contributed by atoms with Crippen LogP contribution in [0.1, 0.15) is 36.7 Å². The van der Waals surface area contributed by atoms with Crippen LogP contribution in [0.4, 0.5) is 5.69 Å². The third kappa shape index (κ3) is 3.44. The molecule has 0 aliphatic carbocycles. The van der Waals surface area contributed by atoms with Gasteiger partial charge in [-0.05, 0) is 24.6 Å². The Hall–Kier alpha value is -2.25. The first-order valence-corrected chi connectivity index (χ1v) is 11.7. The summed E-state index contributed by atoms with van der Waals surface area (Å²) in [6.07, 6.45) is 2.96. The van der Waals surface area contributed by atoms with Gasteiger partial charge in [0.25, 0.3) is 0 Å². The van der Waals surface area contributed by atoms with Crippen molar-refractivity contribution in [2.75, 3.05) is 44.1 Å². The number of hydrogen-bond acceptors (Lipinski definition) is 7. The van der Waals surface area contributed by atoms with E-state index >= 15 is 0 Å². The molecule has 0 amide bonds. The number of fused-ring (bicyclic) bond motifs is 1. The molecule has 0 bridgehead atoms. The molecule has 4 heterocycles. The molecule has 0 N–H and O–H groups in total. The zero-order valence-corrected chi connectivity index (χ0v) is 18.3. The van der Waals surface area contributed by atoms with Crippen LogP contribution in [0.3, 0.4) is 0 Å². The molecule has 0 unspecified atom stereocenters. The maximum Gasteiger partial charge on any atom is 0.160 e. The van der Waals surface area contributed by atoms with Gasteiger partial charge in [0, 0.05) is 48.4 Å². The molecule has 2 aromatic rings. The van der Waals surface area contributed by atoms with E-state index in [1.807, 2.05) is 30.1 Å². The third-order valence-electron chi connectivity index (χ3n) is 6.24. The summed E-state index contributed by atoms with van der Waals surface area (Å²) in [6, 6.07) is 13.3. The van der Waals surface area contributed by atoms with E-state index in [1.165, 1.54) is 11.3 Å². The number of methoxy groups -OCH3 is 1. The number of pyridine rings is 1. The van der Waals surface area contributed by atoms with E-state index in [9.17, 15) is 0 Å². The highest BCUT2D eigenvalue weighted by molar-refractivity contribution is 8.14. The molecule has 7 heteroatoms. The SMILES string of the molecule is CC[C@H]1CSC2=N[C@@H](c3ccccn3)[C@@H](c3ccc(N4CCOCC4)cc3OC)N21. The average molecular weight is 425 g/mol. The molecule has 5 rings (SSSR count). The predicted octanol–water partition coefficient (Wildman–Crippen LogP) is 3.91. The summed E-state index contributed by atoms with van der Waals surface area (Å²) in [7, 11) is 1.77. The van der Waals surface area contributed by atoms with E-state index in [2.05, 4.69) is 46.0 Å². The first kappa shape index (κ1) is 19.7. The van der Waals surface area contributed by atoms with Crippen LogP contribution in [0.25, 0.3) is 0 Å². The largest absolute Gasteiger partial charge is 0.496 e. The number of hydrogen-bond donors (Lipinski definition) is 0. The van der Waals surface area contributed by atoms with Crippen LogP contribution in [0.15, 0.2) is 47.6 Å². The number of anilines is 1. The van der Waals surface area contributed by atoms with Gasteiger partial charge in [-0.15, -0.1) is 0 Å². The van der Waals surface area contributed by atoms with E-state index in [0.29, 0.717) is 6.04 Å². The van der Waals surface area contributed by atoms with Gasteiger partial charge >= 0.3 is 0 Å². The normalized spacial score (nSPS) is 25.9. The van der Waals surface area contributed by atoms with Gasteiger partial charge in [-0.1, -0.05) is 30.8 Å². The van der Waals surface area contributed by atoms with Crippen LogP contribution < -0.4 is 9.64 Å². The van der Waals surface area contributed by atoms with E-state index in [1.54, 1.807) is 7.11 Å². The number of benzene rings is 1. The molecule has 2 fully saturated rings. The molecule has 0 saturated carbocycles. The second-order valence-electron chi connectivity index (χ2n) is 7.86. The van der Waals surface area contributed by atoms with Crippen molar-refractivity contribution in [3.05, 3.63) is 53.9 Å². The Morgan fingerprint density at radius 3 is 2.80 bits per heavy atom. The highest BCUT2D eigenvalue weighted by atomic mass is 32.2. The number of nitrogens with zero attached hydrogens (tertiary/aromatic N) is 4. The molecule has 1 aromatic heterocycles. The Balaban J connectivity index is 1.55. The molecule has 158 valence electrons. The second-order valence-corrected chi connectivity index (χ2v) is 8.85. The van der Waals surface area contributed by atoms with Gasteiger partial charge < -0.3 is 19.3 Å². The Labute approximate surface area is 182 Å². The van der Waals surface area contributed by atoms with Crippen molar-refractivity contribution in [2.45, 2.75) is 31.5 Å².